The molecule has 3 nitrogen and oxygen atoms in total. The molecule has 1 saturated heterocycles. The topological polar surface area (TPSA) is 23.6 Å². The molecule has 1 amide bonds. The van der Waals surface area contributed by atoms with E-state index < -0.39 is 0 Å². The average molecular weight is 346 g/mol. The van der Waals surface area contributed by atoms with Crippen LogP contribution in [-0.4, -0.2) is 54.3 Å². The minimum absolute atomic E-state index is 0.120. The van der Waals surface area contributed by atoms with Crippen molar-refractivity contribution in [2.75, 3.05) is 38.6 Å². The van der Waals surface area contributed by atoms with E-state index in [0.717, 1.165) is 48.3 Å². The van der Waals surface area contributed by atoms with Crippen LogP contribution in [0.4, 0.5) is 0 Å². The second kappa shape index (κ2) is 6.73. The van der Waals surface area contributed by atoms with E-state index in [0.29, 0.717) is 5.88 Å². The van der Waals surface area contributed by atoms with E-state index in [-0.39, 0.29) is 5.91 Å². The number of alkyl halides is 1. The van der Waals surface area contributed by atoms with Gasteiger partial charge in [-0.05, 0) is 30.7 Å². The second-order valence-electron chi connectivity index (χ2n) is 4.84. The van der Waals surface area contributed by atoms with Crippen LogP contribution in [0.15, 0.2) is 22.7 Å². The number of hydrogen-bond donors (Lipinski definition) is 0. The van der Waals surface area contributed by atoms with Crippen LogP contribution in [0.2, 0.25) is 0 Å². The van der Waals surface area contributed by atoms with E-state index in [1.807, 2.05) is 30.0 Å². The van der Waals surface area contributed by atoms with Gasteiger partial charge in [0.05, 0.1) is 0 Å². The van der Waals surface area contributed by atoms with Gasteiger partial charge in [0, 0.05) is 48.6 Å². The highest BCUT2D eigenvalue weighted by molar-refractivity contribution is 9.10. The van der Waals surface area contributed by atoms with Gasteiger partial charge >= 0.3 is 0 Å². The number of piperazine rings is 1. The molecule has 2 rings (SSSR count). The van der Waals surface area contributed by atoms with Crippen molar-refractivity contribution < 1.29 is 4.79 Å². The molecule has 1 aliphatic heterocycles. The van der Waals surface area contributed by atoms with Gasteiger partial charge in [-0.15, -0.1) is 11.6 Å². The third-order valence-corrected chi connectivity index (χ3v) is 3.98. The number of aryl methyl sites for hydroxylation is 1. The van der Waals surface area contributed by atoms with E-state index in [1.165, 1.54) is 0 Å². The standard InChI is InChI=1S/C14H18BrClN2O/c1-11-8-12(10-13(15)9-11)14(19)18-6-4-17(3-2-16)5-7-18/h8-10H,2-7H2,1H3. The highest BCUT2D eigenvalue weighted by Crippen LogP contribution is 2.17. The highest BCUT2D eigenvalue weighted by atomic mass is 79.9. The average Bonchev–Trinajstić information content (AvgIpc) is 2.38. The zero-order valence-corrected chi connectivity index (χ0v) is 13.4. The molecule has 0 saturated carbocycles. The van der Waals surface area contributed by atoms with Crippen LogP contribution in [0, 0.1) is 6.92 Å². The van der Waals surface area contributed by atoms with E-state index in [1.54, 1.807) is 0 Å². The van der Waals surface area contributed by atoms with Crippen molar-refractivity contribution in [2.24, 2.45) is 0 Å². The molecule has 0 aromatic heterocycles. The molecule has 0 N–H and O–H groups in total. The minimum Gasteiger partial charge on any atom is -0.336 e. The zero-order valence-electron chi connectivity index (χ0n) is 11.0. The van der Waals surface area contributed by atoms with Gasteiger partial charge < -0.3 is 4.90 Å². The molecule has 1 aliphatic rings. The van der Waals surface area contributed by atoms with E-state index in [9.17, 15) is 4.79 Å². The molecule has 1 fully saturated rings. The van der Waals surface area contributed by atoms with Crippen molar-refractivity contribution in [1.29, 1.82) is 0 Å². The lowest BCUT2D eigenvalue weighted by Gasteiger charge is -2.34. The Balaban J connectivity index is 2.01. The van der Waals surface area contributed by atoms with Crippen LogP contribution in [0.25, 0.3) is 0 Å². The van der Waals surface area contributed by atoms with Gasteiger partial charge in [0.25, 0.3) is 5.91 Å². The fourth-order valence-electron chi connectivity index (χ4n) is 2.34. The van der Waals surface area contributed by atoms with E-state index in [4.69, 9.17) is 11.6 Å². The van der Waals surface area contributed by atoms with Crippen molar-refractivity contribution in [1.82, 2.24) is 9.80 Å². The maximum Gasteiger partial charge on any atom is 0.253 e. The first-order valence-electron chi connectivity index (χ1n) is 6.45. The van der Waals surface area contributed by atoms with Crippen molar-refractivity contribution >= 4 is 33.4 Å². The van der Waals surface area contributed by atoms with Crippen LogP contribution in [0.1, 0.15) is 15.9 Å². The molecule has 0 bridgehead atoms. The molecule has 5 heteroatoms. The second-order valence-corrected chi connectivity index (χ2v) is 6.13. The minimum atomic E-state index is 0.120. The van der Waals surface area contributed by atoms with Gasteiger partial charge in [0.1, 0.15) is 0 Å². The first-order chi connectivity index (χ1) is 9.10. The maximum absolute atomic E-state index is 12.4. The summed E-state index contributed by atoms with van der Waals surface area (Å²) in [5.74, 6) is 0.772. The van der Waals surface area contributed by atoms with E-state index in [2.05, 4.69) is 20.8 Å². The molecular weight excluding hydrogens is 328 g/mol. The van der Waals surface area contributed by atoms with E-state index >= 15 is 0 Å². The number of rotatable bonds is 3. The summed E-state index contributed by atoms with van der Waals surface area (Å²) in [6.07, 6.45) is 0. The maximum atomic E-state index is 12.4. The monoisotopic (exact) mass is 344 g/mol. The normalized spacial score (nSPS) is 16.7. The summed E-state index contributed by atoms with van der Waals surface area (Å²) in [5, 5.41) is 0. The van der Waals surface area contributed by atoms with Gasteiger partial charge in [-0.2, -0.15) is 0 Å². The quantitative estimate of drug-likeness (QED) is 0.787. The van der Waals surface area contributed by atoms with Gasteiger partial charge in [-0.25, -0.2) is 0 Å². The fraction of sp³-hybridized carbons (Fsp3) is 0.500. The number of carbonyl (C=O) groups excluding carboxylic acids is 1. The summed E-state index contributed by atoms with van der Waals surface area (Å²) in [4.78, 5) is 16.6. The summed E-state index contributed by atoms with van der Waals surface area (Å²) < 4.78 is 0.955. The Bertz CT molecular complexity index is 439. The molecule has 104 valence electrons. The predicted molar refractivity (Wildman–Crippen MR) is 81.9 cm³/mol. The number of amides is 1. The van der Waals surface area contributed by atoms with Crippen LogP contribution >= 0.6 is 27.5 Å². The lowest BCUT2D eigenvalue weighted by molar-refractivity contribution is 0.0644. The van der Waals surface area contributed by atoms with Crippen molar-refractivity contribution in [3.8, 4) is 0 Å². The largest absolute Gasteiger partial charge is 0.336 e. The Kier molecular flexibility index (Phi) is 5.25. The van der Waals surface area contributed by atoms with Crippen LogP contribution in [0.5, 0.6) is 0 Å². The van der Waals surface area contributed by atoms with Gasteiger partial charge in [0.2, 0.25) is 0 Å². The Morgan fingerprint density at radius 1 is 1.26 bits per heavy atom. The van der Waals surface area contributed by atoms with Crippen LogP contribution in [-0.2, 0) is 0 Å². The summed E-state index contributed by atoms with van der Waals surface area (Å²) in [6.45, 7) is 6.28. The third-order valence-electron chi connectivity index (χ3n) is 3.35. The Labute approximate surface area is 127 Å². The molecule has 0 atom stereocenters. The summed E-state index contributed by atoms with van der Waals surface area (Å²) in [6, 6.07) is 5.84. The number of nitrogens with zero attached hydrogens (tertiary/aromatic N) is 2. The van der Waals surface area contributed by atoms with Crippen molar-refractivity contribution in [3.63, 3.8) is 0 Å². The SMILES string of the molecule is Cc1cc(Br)cc(C(=O)N2CCN(CCCl)CC2)c1. The zero-order chi connectivity index (χ0) is 13.8. The fourth-order valence-corrected chi connectivity index (χ4v) is 3.18. The number of hydrogen-bond acceptors (Lipinski definition) is 2. The summed E-state index contributed by atoms with van der Waals surface area (Å²) in [7, 11) is 0. The van der Waals surface area contributed by atoms with Crippen LogP contribution < -0.4 is 0 Å². The summed E-state index contributed by atoms with van der Waals surface area (Å²) in [5.41, 5.74) is 1.86. The molecule has 1 aromatic carbocycles. The van der Waals surface area contributed by atoms with Gasteiger partial charge in [-0.3, -0.25) is 9.69 Å². The predicted octanol–water partition coefficient (Wildman–Crippen LogP) is 2.75. The summed E-state index contributed by atoms with van der Waals surface area (Å²) >= 11 is 9.18. The Morgan fingerprint density at radius 3 is 2.53 bits per heavy atom. The number of benzene rings is 1. The molecule has 0 radical (unpaired) electrons. The lowest BCUT2D eigenvalue weighted by atomic mass is 10.1. The highest BCUT2D eigenvalue weighted by Gasteiger charge is 2.21. The number of carbonyl (C=O) groups is 1. The molecule has 0 spiro atoms. The van der Waals surface area contributed by atoms with Crippen molar-refractivity contribution in [2.45, 2.75) is 6.92 Å². The first-order valence-corrected chi connectivity index (χ1v) is 7.77. The molecule has 0 unspecified atom stereocenters. The molecular formula is C14H18BrClN2O. The molecule has 1 aromatic rings. The lowest BCUT2D eigenvalue weighted by Crippen LogP contribution is -2.49. The first kappa shape index (κ1) is 14.8. The molecule has 1 heterocycles. The molecule has 0 aliphatic carbocycles. The Morgan fingerprint density at radius 2 is 1.95 bits per heavy atom. The van der Waals surface area contributed by atoms with Gasteiger partial charge in [0.15, 0.2) is 0 Å². The van der Waals surface area contributed by atoms with Crippen LogP contribution in [0.3, 0.4) is 0 Å². The third kappa shape index (κ3) is 3.94. The van der Waals surface area contributed by atoms with Crippen molar-refractivity contribution in [3.05, 3.63) is 33.8 Å². The Hall–Kier alpha value is -0.580. The smallest absolute Gasteiger partial charge is 0.253 e. The van der Waals surface area contributed by atoms with Gasteiger partial charge in [-0.1, -0.05) is 15.9 Å². The number of halogens is 2. The molecule has 19 heavy (non-hydrogen) atoms.